The number of rotatable bonds is 4. The fraction of sp³-hybridized carbons (Fsp3) is 0.538. The maximum absolute atomic E-state index is 12.8. The minimum Gasteiger partial charge on any atom is -0.229 e. The highest BCUT2D eigenvalue weighted by Gasteiger charge is 2.39. The third-order valence-corrected chi connectivity index (χ3v) is 7.47. The monoisotopic (exact) mass is 371 g/mol. The van der Waals surface area contributed by atoms with Gasteiger partial charge in [-0.2, -0.15) is 17.5 Å². The van der Waals surface area contributed by atoms with Crippen molar-refractivity contribution in [1.29, 1.82) is 0 Å². The van der Waals surface area contributed by atoms with Crippen molar-refractivity contribution < 1.29 is 30.0 Å². The van der Waals surface area contributed by atoms with Gasteiger partial charge in [-0.1, -0.05) is 13.0 Å². The molecule has 0 bridgehead atoms. The van der Waals surface area contributed by atoms with Crippen LogP contribution in [0.25, 0.3) is 0 Å². The zero-order valence-electron chi connectivity index (χ0n) is 12.2. The molecule has 2 rings (SSSR count). The van der Waals surface area contributed by atoms with Gasteiger partial charge in [0.1, 0.15) is 0 Å². The third-order valence-electron chi connectivity index (χ3n) is 3.70. The van der Waals surface area contributed by atoms with E-state index in [9.17, 15) is 30.0 Å². The molecule has 10 heteroatoms. The van der Waals surface area contributed by atoms with Gasteiger partial charge in [0.05, 0.1) is 22.0 Å². The summed E-state index contributed by atoms with van der Waals surface area (Å²) in [7, 11) is -7.51. The van der Waals surface area contributed by atoms with Gasteiger partial charge in [-0.15, -0.1) is 0 Å². The predicted octanol–water partition coefficient (Wildman–Crippen LogP) is 1.90. The van der Waals surface area contributed by atoms with E-state index < -0.39 is 42.5 Å². The molecule has 1 heterocycles. The van der Waals surface area contributed by atoms with Gasteiger partial charge in [0.25, 0.3) is 0 Å². The smallest absolute Gasteiger partial charge is 0.229 e. The van der Waals surface area contributed by atoms with E-state index >= 15 is 0 Å². The molecular weight excluding hydrogens is 355 g/mol. The first-order valence-electron chi connectivity index (χ1n) is 6.87. The summed E-state index contributed by atoms with van der Waals surface area (Å²) in [6, 6.07) is 2.71. The van der Waals surface area contributed by atoms with E-state index in [0.29, 0.717) is 6.07 Å². The Balaban J connectivity index is 2.40. The Morgan fingerprint density at radius 1 is 1.30 bits per heavy atom. The van der Waals surface area contributed by atoms with E-state index in [1.807, 2.05) is 0 Å². The number of halogens is 3. The molecule has 1 fully saturated rings. The van der Waals surface area contributed by atoms with Crippen LogP contribution >= 0.6 is 0 Å². The van der Waals surface area contributed by atoms with Crippen molar-refractivity contribution in [2.24, 2.45) is 0 Å². The van der Waals surface area contributed by atoms with Gasteiger partial charge in [-0.25, -0.2) is 16.8 Å². The maximum atomic E-state index is 12.8. The topological polar surface area (TPSA) is 71.5 Å². The molecule has 0 aromatic heterocycles. The van der Waals surface area contributed by atoms with Crippen LogP contribution in [0.3, 0.4) is 0 Å². The number of sulfonamides is 1. The van der Waals surface area contributed by atoms with Gasteiger partial charge in [-0.3, -0.25) is 0 Å². The molecule has 1 aromatic rings. The average molecular weight is 371 g/mol. The second-order valence-electron chi connectivity index (χ2n) is 5.29. The fourth-order valence-corrected chi connectivity index (χ4v) is 6.13. The van der Waals surface area contributed by atoms with Gasteiger partial charge in [0.2, 0.25) is 10.0 Å². The maximum Gasteiger partial charge on any atom is 0.416 e. The normalized spacial score (nSPS) is 21.7. The molecule has 23 heavy (non-hydrogen) atoms. The quantitative estimate of drug-likeness (QED) is 0.811. The number of hydrogen-bond acceptors (Lipinski definition) is 4. The van der Waals surface area contributed by atoms with E-state index in [4.69, 9.17) is 0 Å². The highest BCUT2D eigenvalue weighted by Crippen LogP contribution is 2.32. The van der Waals surface area contributed by atoms with Crippen molar-refractivity contribution in [2.75, 3.05) is 18.1 Å². The van der Waals surface area contributed by atoms with Gasteiger partial charge >= 0.3 is 6.18 Å². The van der Waals surface area contributed by atoms with Crippen LogP contribution < -0.4 is 0 Å². The Labute approximate surface area is 133 Å². The average Bonchev–Trinajstić information content (AvgIpc) is 2.78. The summed E-state index contributed by atoms with van der Waals surface area (Å²) in [6.07, 6.45) is -4.51. The fourth-order valence-electron chi connectivity index (χ4n) is 2.60. The van der Waals surface area contributed by atoms with Crippen LogP contribution in [0.5, 0.6) is 0 Å². The molecule has 1 aromatic carbocycles. The molecule has 1 aliphatic heterocycles. The van der Waals surface area contributed by atoms with Gasteiger partial charge in [0.15, 0.2) is 9.84 Å². The van der Waals surface area contributed by atoms with E-state index in [1.54, 1.807) is 0 Å². The zero-order chi connectivity index (χ0) is 17.5. The van der Waals surface area contributed by atoms with Crippen molar-refractivity contribution in [3.05, 3.63) is 29.8 Å². The second-order valence-corrected chi connectivity index (χ2v) is 9.41. The van der Waals surface area contributed by atoms with Gasteiger partial charge in [0, 0.05) is 12.6 Å². The molecular formula is C13H16F3NO4S2. The lowest BCUT2D eigenvalue weighted by atomic mass is 10.2. The largest absolute Gasteiger partial charge is 0.416 e. The SMILES string of the molecule is CCN([C@@H]1CCS(=O)(=O)C1)S(=O)(=O)c1cccc(C(F)(F)F)c1. The first-order chi connectivity index (χ1) is 10.5. The number of sulfone groups is 1. The Morgan fingerprint density at radius 3 is 2.43 bits per heavy atom. The zero-order valence-corrected chi connectivity index (χ0v) is 13.9. The number of nitrogens with zero attached hydrogens (tertiary/aromatic N) is 1. The summed E-state index contributed by atoms with van der Waals surface area (Å²) in [5.74, 6) is -0.425. The van der Waals surface area contributed by atoms with Crippen LogP contribution in [0.4, 0.5) is 13.2 Å². The first kappa shape index (κ1) is 18.2. The molecule has 0 N–H and O–H groups in total. The first-order valence-corrected chi connectivity index (χ1v) is 10.1. The Bertz CT molecular complexity index is 788. The molecule has 0 radical (unpaired) electrons. The van der Waals surface area contributed by atoms with Crippen molar-refractivity contribution in [1.82, 2.24) is 4.31 Å². The molecule has 1 aliphatic rings. The van der Waals surface area contributed by atoms with E-state index in [1.165, 1.54) is 6.92 Å². The van der Waals surface area contributed by atoms with Gasteiger partial charge < -0.3 is 0 Å². The van der Waals surface area contributed by atoms with E-state index in [2.05, 4.69) is 0 Å². The summed E-state index contributed by atoms with van der Waals surface area (Å²) >= 11 is 0. The summed E-state index contributed by atoms with van der Waals surface area (Å²) in [5.41, 5.74) is -1.06. The third kappa shape index (κ3) is 3.86. The summed E-state index contributed by atoms with van der Waals surface area (Å²) < 4.78 is 87.5. The van der Waals surface area contributed by atoms with Crippen LogP contribution in [0.2, 0.25) is 0 Å². The van der Waals surface area contributed by atoms with E-state index in [-0.39, 0.29) is 24.5 Å². The van der Waals surface area contributed by atoms with Crippen LogP contribution in [-0.2, 0) is 26.0 Å². The molecule has 0 saturated carbocycles. The molecule has 0 spiro atoms. The molecule has 0 amide bonds. The number of hydrogen-bond donors (Lipinski definition) is 0. The molecule has 0 unspecified atom stereocenters. The molecule has 0 aliphatic carbocycles. The van der Waals surface area contributed by atoms with Crippen LogP contribution in [0.15, 0.2) is 29.2 Å². The Kier molecular flexibility index (Phi) is 4.80. The second kappa shape index (κ2) is 6.06. The van der Waals surface area contributed by atoms with Crippen molar-refractivity contribution in [3.8, 4) is 0 Å². The van der Waals surface area contributed by atoms with Crippen molar-refractivity contribution >= 4 is 19.9 Å². The van der Waals surface area contributed by atoms with Crippen molar-refractivity contribution in [3.63, 3.8) is 0 Å². The summed E-state index contributed by atoms with van der Waals surface area (Å²) in [6.45, 7) is 1.51. The van der Waals surface area contributed by atoms with Crippen LogP contribution in [0.1, 0.15) is 18.9 Å². The lowest BCUT2D eigenvalue weighted by Crippen LogP contribution is -2.40. The number of benzene rings is 1. The van der Waals surface area contributed by atoms with Crippen molar-refractivity contribution in [2.45, 2.75) is 30.5 Å². The van der Waals surface area contributed by atoms with Crippen LogP contribution in [-0.4, -0.2) is 45.2 Å². The number of alkyl halides is 3. The predicted molar refractivity (Wildman–Crippen MR) is 78.1 cm³/mol. The molecule has 5 nitrogen and oxygen atoms in total. The minimum absolute atomic E-state index is 0.0151. The van der Waals surface area contributed by atoms with E-state index in [0.717, 1.165) is 22.5 Å². The standard InChI is InChI=1S/C13H16F3NO4S2/c1-2-17(11-6-7-22(18,19)9-11)23(20,21)12-5-3-4-10(8-12)13(14,15)16/h3-5,8,11H,2,6-7,9H2,1H3/t11-/m1/s1. The Morgan fingerprint density at radius 2 is 1.96 bits per heavy atom. The lowest BCUT2D eigenvalue weighted by Gasteiger charge is -2.26. The highest BCUT2D eigenvalue weighted by molar-refractivity contribution is 7.92. The molecule has 1 saturated heterocycles. The lowest BCUT2D eigenvalue weighted by molar-refractivity contribution is -0.137. The van der Waals surface area contributed by atoms with Crippen LogP contribution in [0, 0.1) is 0 Å². The summed E-state index contributed by atoms with van der Waals surface area (Å²) in [4.78, 5) is -0.488. The molecule has 1 atom stereocenters. The minimum atomic E-state index is -4.65. The highest BCUT2D eigenvalue weighted by atomic mass is 32.2. The van der Waals surface area contributed by atoms with Gasteiger partial charge in [-0.05, 0) is 24.6 Å². The molecule has 130 valence electrons. The Hall–Kier alpha value is -1.13. The summed E-state index contributed by atoms with van der Waals surface area (Å²) in [5, 5.41) is 0.